The van der Waals surface area contributed by atoms with Gasteiger partial charge in [0.05, 0.1) is 24.5 Å². The number of fused-ring (bicyclic) bond motifs is 1. The Morgan fingerprint density at radius 3 is 2.78 bits per heavy atom. The Labute approximate surface area is 136 Å². The molecule has 0 saturated carbocycles. The van der Waals surface area contributed by atoms with Crippen molar-refractivity contribution in [2.75, 3.05) is 46.4 Å². The van der Waals surface area contributed by atoms with E-state index in [2.05, 4.69) is 15.1 Å². The van der Waals surface area contributed by atoms with Gasteiger partial charge < -0.3 is 14.4 Å². The Morgan fingerprint density at radius 2 is 2.09 bits per heavy atom. The number of nitrogens with one attached hydrogen (secondary N) is 1. The van der Waals surface area contributed by atoms with Crippen LogP contribution in [-0.2, 0) is 15.9 Å². The van der Waals surface area contributed by atoms with Crippen molar-refractivity contribution in [3.05, 3.63) is 17.0 Å². The standard InChI is InChI=1S/C16H26N4O3/c1-11-10-13-14(12(2)23-11)17-18-15(13)16(21)20-6-4-19(5-7-20)8-9-22-3/h11-12H,4-10H2,1-3H3,(H,17,18)/t11-,12+/m0/s1. The van der Waals surface area contributed by atoms with Crippen molar-refractivity contribution in [3.63, 3.8) is 0 Å². The fourth-order valence-corrected chi connectivity index (χ4v) is 3.40. The van der Waals surface area contributed by atoms with E-state index in [9.17, 15) is 4.79 Å². The van der Waals surface area contributed by atoms with Crippen LogP contribution in [0.2, 0.25) is 0 Å². The third kappa shape index (κ3) is 3.41. The van der Waals surface area contributed by atoms with Crippen LogP contribution in [0.3, 0.4) is 0 Å². The molecule has 1 aromatic heterocycles. The molecule has 0 aliphatic carbocycles. The van der Waals surface area contributed by atoms with Crippen molar-refractivity contribution < 1.29 is 14.3 Å². The number of rotatable bonds is 4. The SMILES string of the molecule is COCCN1CCN(C(=O)c2n[nH]c3c2C[C@H](C)O[C@@H]3C)CC1. The highest BCUT2D eigenvalue weighted by molar-refractivity contribution is 5.94. The fourth-order valence-electron chi connectivity index (χ4n) is 3.40. The zero-order valence-electron chi connectivity index (χ0n) is 14.2. The largest absolute Gasteiger partial charge is 0.383 e. The molecule has 0 radical (unpaired) electrons. The first-order valence-electron chi connectivity index (χ1n) is 8.33. The molecule has 23 heavy (non-hydrogen) atoms. The van der Waals surface area contributed by atoms with E-state index in [1.807, 2.05) is 18.7 Å². The van der Waals surface area contributed by atoms with Crippen molar-refractivity contribution >= 4 is 5.91 Å². The monoisotopic (exact) mass is 322 g/mol. The highest BCUT2D eigenvalue weighted by Crippen LogP contribution is 2.30. The number of ether oxygens (including phenoxy) is 2. The van der Waals surface area contributed by atoms with E-state index in [0.29, 0.717) is 5.69 Å². The lowest BCUT2D eigenvalue weighted by atomic mass is 9.99. The average Bonchev–Trinajstić information content (AvgIpc) is 2.96. The number of carbonyl (C=O) groups is 1. The summed E-state index contributed by atoms with van der Waals surface area (Å²) in [5.41, 5.74) is 2.56. The van der Waals surface area contributed by atoms with E-state index in [0.717, 1.165) is 57.0 Å². The normalized spacial score (nSPS) is 25.4. The fraction of sp³-hybridized carbons (Fsp3) is 0.750. The number of hydrogen-bond donors (Lipinski definition) is 1. The lowest BCUT2D eigenvalue weighted by molar-refractivity contribution is -0.00704. The van der Waals surface area contributed by atoms with Crippen LogP contribution in [0.4, 0.5) is 0 Å². The van der Waals surface area contributed by atoms with Gasteiger partial charge in [0.1, 0.15) is 0 Å². The topological polar surface area (TPSA) is 70.7 Å². The Balaban J connectivity index is 1.66. The molecule has 7 nitrogen and oxygen atoms in total. The smallest absolute Gasteiger partial charge is 0.274 e. The van der Waals surface area contributed by atoms with Gasteiger partial charge in [0.15, 0.2) is 5.69 Å². The third-order valence-electron chi connectivity index (χ3n) is 4.71. The Morgan fingerprint density at radius 1 is 1.35 bits per heavy atom. The maximum atomic E-state index is 12.8. The summed E-state index contributed by atoms with van der Waals surface area (Å²) in [5, 5.41) is 7.30. The second-order valence-corrected chi connectivity index (χ2v) is 6.38. The van der Waals surface area contributed by atoms with Gasteiger partial charge in [-0.3, -0.25) is 14.8 Å². The summed E-state index contributed by atoms with van der Waals surface area (Å²) in [4.78, 5) is 17.1. The molecular formula is C16H26N4O3. The van der Waals surface area contributed by atoms with Crippen LogP contribution in [0.1, 0.15) is 41.7 Å². The van der Waals surface area contributed by atoms with Crippen LogP contribution in [0, 0.1) is 0 Å². The van der Waals surface area contributed by atoms with Gasteiger partial charge in [-0.05, 0) is 13.8 Å². The van der Waals surface area contributed by atoms with Gasteiger partial charge in [0.25, 0.3) is 5.91 Å². The van der Waals surface area contributed by atoms with Gasteiger partial charge in [0, 0.05) is 51.8 Å². The van der Waals surface area contributed by atoms with Crippen molar-refractivity contribution in [2.24, 2.45) is 0 Å². The summed E-state index contributed by atoms with van der Waals surface area (Å²) in [6.07, 6.45) is 0.826. The second kappa shape index (κ2) is 6.98. The number of hydrogen-bond acceptors (Lipinski definition) is 5. The lowest BCUT2D eigenvalue weighted by Gasteiger charge is -2.34. The van der Waals surface area contributed by atoms with Gasteiger partial charge in [-0.1, -0.05) is 0 Å². The van der Waals surface area contributed by atoms with Gasteiger partial charge in [-0.15, -0.1) is 0 Å². The second-order valence-electron chi connectivity index (χ2n) is 6.38. The van der Waals surface area contributed by atoms with Gasteiger partial charge in [-0.25, -0.2) is 0 Å². The number of nitrogens with zero attached hydrogens (tertiary/aromatic N) is 3. The summed E-state index contributed by atoms with van der Waals surface area (Å²) < 4.78 is 10.9. The first-order chi connectivity index (χ1) is 11.1. The first-order valence-corrected chi connectivity index (χ1v) is 8.33. The number of aromatic amines is 1. The van der Waals surface area contributed by atoms with Crippen LogP contribution in [0.15, 0.2) is 0 Å². The molecule has 1 amide bonds. The Kier molecular flexibility index (Phi) is 4.99. The molecule has 1 fully saturated rings. The molecule has 0 bridgehead atoms. The molecule has 3 heterocycles. The summed E-state index contributed by atoms with van der Waals surface area (Å²) in [6.45, 7) is 8.94. The van der Waals surface area contributed by atoms with Gasteiger partial charge in [0.2, 0.25) is 0 Å². The van der Waals surface area contributed by atoms with Crippen LogP contribution < -0.4 is 0 Å². The number of amides is 1. The van der Waals surface area contributed by atoms with Crippen LogP contribution in [-0.4, -0.2) is 78.4 Å². The van der Waals surface area contributed by atoms with Crippen molar-refractivity contribution in [2.45, 2.75) is 32.5 Å². The molecule has 1 N–H and O–H groups in total. The van der Waals surface area contributed by atoms with Crippen LogP contribution in [0.5, 0.6) is 0 Å². The molecule has 0 aromatic carbocycles. The summed E-state index contributed by atoms with van der Waals surface area (Å²) in [5.74, 6) is 0.0372. The highest BCUT2D eigenvalue weighted by atomic mass is 16.5. The molecule has 1 saturated heterocycles. The van der Waals surface area contributed by atoms with Crippen molar-refractivity contribution in [1.82, 2.24) is 20.0 Å². The van der Waals surface area contributed by atoms with E-state index < -0.39 is 0 Å². The summed E-state index contributed by atoms with van der Waals surface area (Å²) in [6, 6.07) is 0. The molecule has 128 valence electrons. The zero-order chi connectivity index (χ0) is 16.4. The maximum absolute atomic E-state index is 12.8. The van der Waals surface area contributed by atoms with Crippen molar-refractivity contribution in [1.29, 1.82) is 0 Å². The molecule has 2 aliphatic rings. The minimum Gasteiger partial charge on any atom is -0.383 e. The number of aromatic nitrogens is 2. The van der Waals surface area contributed by atoms with E-state index in [4.69, 9.17) is 9.47 Å². The Hall–Kier alpha value is -1.44. The average molecular weight is 322 g/mol. The van der Waals surface area contributed by atoms with Crippen LogP contribution >= 0.6 is 0 Å². The molecule has 0 unspecified atom stereocenters. The van der Waals surface area contributed by atoms with E-state index in [1.165, 1.54) is 0 Å². The zero-order valence-corrected chi connectivity index (χ0v) is 14.2. The quantitative estimate of drug-likeness (QED) is 0.889. The third-order valence-corrected chi connectivity index (χ3v) is 4.71. The minimum atomic E-state index is -0.0336. The number of methoxy groups -OCH3 is 1. The highest BCUT2D eigenvalue weighted by Gasteiger charge is 2.32. The predicted molar refractivity (Wildman–Crippen MR) is 85.5 cm³/mol. The summed E-state index contributed by atoms with van der Waals surface area (Å²) in [7, 11) is 1.71. The van der Waals surface area contributed by atoms with E-state index in [-0.39, 0.29) is 18.1 Å². The molecule has 7 heteroatoms. The molecule has 2 aliphatic heterocycles. The first kappa shape index (κ1) is 16.4. The number of piperazine rings is 1. The molecule has 2 atom stereocenters. The number of H-pyrrole nitrogens is 1. The van der Waals surface area contributed by atoms with Gasteiger partial charge in [-0.2, -0.15) is 5.10 Å². The van der Waals surface area contributed by atoms with E-state index in [1.54, 1.807) is 7.11 Å². The Bertz CT molecular complexity index is 552. The number of carbonyl (C=O) groups excluding carboxylic acids is 1. The maximum Gasteiger partial charge on any atom is 0.274 e. The molecule has 3 rings (SSSR count). The van der Waals surface area contributed by atoms with Crippen LogP contribution in [0.25, 0.3) is 0 Å². The lowest BCUT2D eigenvalue weighted by Crippen LogP contribution is -2.49. The minimum absolute atomic E-state index is 0.0336. The molecule has 1 aromatic rings. The predicted octanol–water partition coefficient (Wildman–Crippen LogP) is 0.836. The molecule has 0 spiro atoms. The summed E-state index contributed by atoms with van der Waals surface area (Å²) >= 11 is 0. The van der Waals surface area contributed by atoms with Crippen molar-refractivity contribution in [3.8, 4) is 0 Å². The molecular weight excluding hydrogens is 296 g/mol. The van der Waals surface area contributed by atoms with Gasteiger partial charge >= 0.3 is 0 Å². The van der Waals surface area contributed by atoms with E-state index >= 15 is 0 Å².